The van der Waals surface area contributed by atoms with E-state index in [9.17, 15) is 23.1 Å². The van der Waals surface area contributed by atoms with Gasteiger partial charge in [-0.1, -0.05) is 38.0 Å². The summed E-state index contributed by atoms with van der Waals surface area (Å²) in [6.07, 6.45) is 0.468. The fraction of sp³-hybridized carbons (Fsp3) is 0.370. The van der Waals surface area contributed by atoms with Crippen LogP contribution in [0.25, 0.3) is 10.9 Å². The molecule has 2 aromatic carbocycles. The Morgan fingerprint density at radius 2 is 1.71 bits per heavy atom. The normalized spacial score (nSPS) is 14.7. The Kier molecular flexibility index (Phi) is 9.51. The lowest BCUT2D eigenvalue weighted by Crippen LogP contribution is -2.28. The second kappa shape index (κ2) is 12.6. The summed E-state index contributed by atoms with van der Waals surface area (Å²) in [4.78, 5) is 30.7. The molecule has 0 aliphatic carbocycles. The second-order valence-electron chi connectivity index (χ2n) is 9.09. The number of aliphatic imine (C=N–C) groups is 1. The summed E-state index contributed by atoms with van der Waals surface area (Å²) in [6.45, 7) is 5.43. The average Bonchev–Trinajstić information content (AvgIpc) is 3.20. The number of benzene rings is 2. The molecule has 2 heterocycles. The highest BCUT2D eigenvalue weighted by molar-refractivity contribution is 6.14. The van der Waals surface area contributed by atoms with Crippen molar-refractivity contribution in [1.29, 1.82) is 0 Å². The fourth-order valence-electron chi connectivity index (χ4n) is 4.31. The van der Waals surface area contributed by atoms with Gasteiger partial charge in [0, 0.05) is 23.0 Å². The molecule has 0 radical (unpaired) electrons. The highest BCUT2D eigenvalue weighted by Gasteiger charge is 2.38. The van der Waals surface area contributed by atoms with Crippen LogP contribution in [0, 0.1) is 0 Å². The number of aromatic hydroxyl groups is 1. The lowest BCUT2D eigenvalue weighted by atomic mass is 10.0. The summed E-state index contributed by atoms with van der Waals surface area (Å²) in [5, 5.41) is 18.6. The van der Waals surface area contributed by atoms with Gasteiger partial charge in [0.25, 0.3) is 0 Å². The van der Waals surface area contributed by atoms with Crippen molar-refractivity contribution in [3.05, 3.63) is 59.2 Å². The molecule has 1 aliphatic rings. The number of rotatable bonds is 7. The number of carbonyl (C=O) groups is 2. The van der Waals surface area contributed by atoms with E-state index in [1.807, 2.05) is 18.2 Å². The lowest BCUT2D eigenvalue weighted by Gasteiger charge is -2.26. The van der Waals surface area contributed by atoms with Crippen molar-refractivity contribution in [2.24, 2.45) is 10.7 Å². The number of H-pyrrole nitrogens is 1. The molecule has 4 rings (SSSR count). The largest absolute Gasteiger partial charge is 0.494 e. The Morgan fingerprint density at radius 1 is 1.08 bits per heavy atom. The molecular formula is C27H31F3N4O4. The molecule has 1 fully saturated rings. The highest BCUT2D eigenvalue weighted by Crippen LogP contribution is 2.31. The number of primary amides is 1. The van der Waals surface area contributed by atoms with Crippen LogP contribution >= 0.6 is 0 Å². The van der Waals surface area contributed by atoms with Gasteiger partial charge in [0.1, 0.15) is 0 Å². The molecule has 1 aliphatic heterocycles. The smallest absolute Gasteiger partial charge is 0.490 e. The quantitative estimate of drug-likeness (QED) is 0.298. The summed E-state index contributed by atoms with van der Waals surface area (Å²) in [6, 6.07) is 13.5. The first kappa shape index (κ1) is 28.7. The van der Waals surface area contributed by atoms with Crippen molar-refractivity contribution < 1.29 is 33.0 Å². The van der Waals surface area contributed by atoms with Gasteiger partial charge < -0.3 is 20.9 Å². The first-order chi connectivity index (χ1) is 18.0. The van der Waals surface area contributed by atoms with E-state index in [0.29, 0.717) is 16.6 Å². The van der Waals surface area contributed by atoms with Crippen molar-refractivity contribution in [2.45, 2.75) is 51.7 Å². The number of piperidine rings is 1. The van der Waals surface area contributed by atoms with Gasteiger partial charge in [-0.15, -0.1) is 0 Å². The number of hydrogen-bond donors (Lipinski definition) is 4. The van der Waals surface area contributed by atoms with E-state index in [0.717, 1.165) is 36.2 Å². The second-order valence-corrected chi connectivity index (χ2v) is 9.09. The molecule has 11 heteroatoms. The zero-order valence-electron chi connectivity index (χ0n) is 21.0. The molecule has 38 heavy (non-hydrogen) atoms. The molecule has 0 bridgehead atoms. The number of carboxylic acids is 1. The van der Waals surface area contributed by atoms with Crippen LogP contribution in [0.5, 0.6) is 5.88 Å². The third-order valence-corrected chi connectivity index (χ3v) is 6.14. The van der Waals surface area contributed by atoms with Crippen molar-refractivity contribution in [3.8, 4) is 5.88 Å². The Balaban J connectivity index is 0.000000505. The first-order valence-corrected chi connectivity index (χ1v) is 12.3. The van der Waals surface area contributed by atoms with E-state index >= 15 is 0 Å². The number of amides is 1. The number of carbonyl (C=O) groups excluding carboxylic acids is 1. The molecule has 0 atom stereocenters. The van der Waals surface area contributed by atoms with E-state index in [2.05, 4.69) is 28.9 Å². The van der Waals surface area contributed by atoms with Crippen molar-refractivity contribution >= 4 is 34.2 Å². The third-order valence-electron chi connectivity index (χ3n) is 6.14. The van der Waals surface area contributed by atoms with Gasteiger partial charge in [-0.2, -0.15) is 13.2 Å². The van der Waals surface area contributed by atoms with E-state index in [-0.39, 0.29) is 5.88 Å². The number of aromatic nitrogens is 1. The van der Waals surface area contributed by atoms with E-state index < -0.39 is 18.1 Å². The maximum atomic E-state index is 11.5. The van der Waals surface area contributed by atoms with Crippen LogP contribution in [-0.4, -0.2) is 57.0 Å². The van der Waals surface area contributed by atoms with E-state index in [4.69, 9.17) is 20.6 Å². The Hall–Kier alpha value is -3.86. The maximum Gasteiger partial charge on any atom is 0.490 e. The number of aromatic amines is 1. The van der Waals surface area contributed by atoms with Crippen LogP contribution in [-0.2, 0) is 11.3 Å². The minimum absolute atomic E-state index is 0.0607. The maximum absolute atomic E-state index is 11.5. The molecule has 0 unspecified atom stereocenters. The van der Waals surface area contributed by atoms with Crippen LogP contribution < -0.4 is 5.73 Å². The molecule has 3 aromatic rings. The fourth-order valence-corrected chi connectivity index (χ4v) is 4.31. The van der Waals surface area contributed by atoms with E-state index in [1.165, 1.54) is 37.9 Å². The summed E-state index contributed by atoms with van der Waals surface area (Å²) >= 11 is 0. The number of halogens is 3. The lowest BCUT2D eigenvalue weighted by molar-refractivity contribution is -0.192. The Labute approximate surface area is 218 Å². The predicted molar refractivity (Wildman–Crippen MR) is 139 cm³/mol. The summed E-state index contributed by atoms with van der Waals surface area (Å²) in [7, 11) is 0. The van der Waals surface area contributed by atoms with Gasteiger partial charge in [-0.3, -0.25) is 14.7 Å². The number of carboxylic acid groups (broad SMARTS) is 1. The van der Waals surface area contributed by atoms with Crippen LogP contribution in [0.4, 0.5) is 18.9 Å². The molecule has 5 N–H and O–H groups in total. The zero-order valence-corrected chi connectivity index (χ0v) is 21.0. The van der Waals surface area contributed by atoms with Gasteiger partial charge in [-0.05, 0) is 62.2 Å². The van der Waals surface area contributed by atoms with Crippen molar-refractivity contribution in [3.63, 3.8) is 0 Å². The third kappa shape index (κ3) is 7.58. The number of hydrogen-bond acceptors (Lipinski definition) is 5. The molecule has 204 valence electrons. The van der Waals surface area contributed by atoms with Gasteiger partial charge >= 0.3 is 12.1 Å². The van der Waals surface area contributed by atoms with E-state index in [1.54, 1.807) is 12.1 Å². The first-order valence-electron chi connectivity index (χ1n) is 12.3. The van der Waals surface area contributed by atoms with Crippen molar-refractivity contribution in [2.75, 3.05) is 13.1 Å². The van der Waals surface area contributed by atoms with Crippen molar-refractivity contribution in [1.82, 2.24) is 9.88 Å². The predicted octanol–water partition coefficient (Wildman–Crippen LogP) is 5.51. The molecular weight excluding hydrogens is 501 g/mol. The van der Waals surface area contributed by atoms with Gasteiger partial charge in [-0.25, -0.2) is 4.79 Å². The molecule has 8 nitrogen and oxygen atoms in total. The average molecular weight is 533 g/mol. The van der Waals surface area contributed by atoms with Gasteiger partial charge in [0.05, 0.1) is 17.0 Å². The van der Waals surface area contributed by atoms with Gasteiger partial charge in [0.2, 0.25) is 5.91 Å². The number of aliphatic carboxylic acids is 1. The van der Waals surface area contributed by atoms with Gasteiger partial charge in [0.15, 0.2) is 5.88 Å². The van der Waals surface area contributed by atoms with Crippen LogP contribution in [0.15, 0.2) is 47.5 Å². The van der Waals surface area contributed by atoms with Crippen LogP contribution in [0.1, 0.15) is 60.5 Å². The standard InChI is InChI=1S/C25H30N4O2.C2HF3O2/c1-2-6-21(23-20-12-9-18(24(26)30)15-22(20)28-25(23)31)27-19-10-7-17(8-11-19)16-29-13-4-3-5-14-29;3-2(4,5)1(6)7/h7-12,15,28,31H,2-6,13-14,16H2,1H3,(H2,26,30);(H,6,7). The minimum Gasteiger partial charge on any atom is -0.494 e. The summed E-state index contributed by atoms with van der Waals surface area (Å²) in [5.41, 5.74) is 10.1. The summed E-state index contributed by atoms with van der Waals surface area (Å²) < 4.78 is 31.7. The number of nitrogens with zero attached hydrogens (tertiary/aromatic N) is 2. The Bertz CT molecular complexity index is 1290. The van der Waals surface area contributed by atoms with Crippen LogP contribution in [0.3, 0.4) is 0 Å². The topological polar surface area (TPSA) is 132 Å². The number of nitrogens with two attached hydrogens (primary N) is 1. The minimum atomic E-state index is -5.08. The number of alkyl halides is 3. The van der Waals surface area contributed by atoms with Crippen LogP contribution in [0.2, 0.25) is 0 Å². The molecule has 0 saturated carbocycles. The highest BCUT2D eigenvalue weighted by atomic mass is 19.4. The molecule has 1 saturated heterocycles. The zero-order chi connectivity index (χ0) is 27.9. The number of nitrogens with one attached hydrogen (secondary N) is 1. The number of likely N-dealkylation sites (tertiary alicyclic amines) is 1. The Morgan fingerprint density at radius 3 is 2.26 bits per heavy atom. The number of fused-ring (bicyclic) bond motifs is 1. The summed E-state index contributed by atoms with van der Waals surface area (Å²) in [5.74, 6) is -3.19. The monoisotopic (exact) mass is 532 g/mol. The SMILES string of the molecule is CCCC(=Nc1ccc(CN2CCCCC2)cc1)c1c(O)[nH]c2cc(C(N)=O)ccc12.O=C(O)C(F)(F)F. The molecule has 1 aromatic heterocycles. The molecule has 1 amide bonds. The molecule has 0 spiro atoms.